The van der Waals surface area contributed by atoms with Crippen LogP contribution in [0.15, 0.2) is 47.2 Å². The SMILES string of the molecule is CC(=O)OCNCc1cccc(-c2cncc(Br)c2)c1. The Morgan fingerprint density at radius 1 is 1.30 bits per heavy atom. The molecule has 0 spiro atoms. The minimum atomic E-state index is -0.286. The van der Waals surface area contributed by atoms with Crippen LogP contribution in [0.25, 0.3) is 11.1 Å². The molecule has 0 aliphatic heterocycles. The summed E-state index contributed by atoms with van der Waals surface area (Å²) in [6.07, 6.45) is 3.59. The van der Waals surface area contributed by atoms with Crippen molar-refractivity contribution in [1.29, 1.82) is 0 Å². The minimum Gasteiger partial charge on any atom is -0.450 e. The van der Waals surface area contributed by atoms with Crippen LogP contribution in [0.5, 0.6) is 0 Å². The maximum absolute atomic E-state index is 10.7. The molecule has 20 heavy (non-hydrogen) atoms. The van der Waals surface area contributed by atoms with Crippen molar-refractivity contribution in [3.63, 3.8) is 0 Å². The van der Waals surface area contributed by atoms with Crippen LogP contribution in [0.2, 0.25) is 0 Å². The molecule has 0 saturated heterocycles. The lowest BCUT2D eigenvalue weighted by Crippen LogP contribution is -2.19. The third kappa shape index (κ3) is 4.43. The van der Waals surface area contributed by atoms with Crippen LogP contribution in [0.1, 0.15) is 12.5 Å². The highest BCUT2D eigenvalue weighted by Crippen LogP contribution is 2.22. The zero-order valence-corrected chi connectivity index (χ0v) is 12.7. The van der Waals surface area contributed by atoms with Gasteiger partial charge in [-0.25, -0.2) is 0 Å². The summed E-state index contributed by atoms with van der Waals surface area (Å²) in [7, 11) is 0. The van der Waals surface area contributed by atoms with E-state index in [0.717, 1.165) is 21.2 Å². The maximum atomic E-state index is 10.7. The molecule has 1 N–H and O–H groups in total. The van der Waals surface area contributed by atoms with Crippen molar-refractivity contribution < 1.29 is 9.53 Å². The Morgan fingerprint density at radius 2 is 2.15 bits per heavy atom. The summed E-state index contributed by atoms with van der Waals surface area (Å²) < 4.78 is 5.78. The first-order valence-corrected chi connectivity index (χ1v) is 6.98. The smallest absolute Gasteiger partial charge is 0.303 e. The molecule has 2 aromatic rings. The van der Waals surface area contributed by atoms with Crippen LogP contribution in [-0.2, 0) is 16.1 Å². The average Bonchev–Trinajstić information content (AvgIpc) is 2.44. The van der Waals surface area contributed by atoms with Gasteiger partial charge in [-0.1, -0.05) is 18.2 Å². The molecular weight excluding hydrogens is 320 g/mol. The van der Waals surface area contributed by atoms with Gasteiger partial charge in [-0.2, -0.15) is 0 Å². The standard InChI is InChI=1S/C15H15BrN2O2/c1-11(19)20-10-18-7-12-3-2-4-13(5-12)14-6-15(16)9-17-8-14/h2-6,8-9,18H,7,10H2,1H3. The predicted molar refractivity (Wildman–Crippen MR) is 80.8 cm³/mol. The maximum Gasteiger partial charge on any atom is 0.303 e. The first-order valence-electron chi connectivity index (χ1n) is 6.19. The molecule has 0 unspecified atom stereocenters. The number of benzene rings is 1. The Hall–Kier alpha value is -1.72. The van der Waals surface area contributed by atoms with E-state index in [1.165, 1.54) is 6.92 Å². The summed E-state index contributed by atoms with van der Waals surface area (Å²) in [5.74, 6) is -0.286. The number of rotatable bonds is 5. The van der Waals surface area contributed by atoms with Crippen LogP contribution in [0.3, 0.4) is 0 Å². The molecular formula is C15H15BrN2O2. The van der Waals surface area contributed by atoms with E-state index in [4.69, 9.17) is 4.74 Å². The van der Waals surface area contributed by atoms with Gasteiger partial charge in [0.1, 0.15) is 6.73 Å². The van der Waals surface area contributed by atoms with Gasteiger partial charge in [0, 0.05) is 35.9 Å². The summed E-state index contributed by atoms with van der Waals surface area (Å²) in [6, 6.07) is 10.2. The van der Waals surface area contributed by atoms with Crippen molar-refractivity contribution in [2.75, 3.05) is 6.73 Å². The normalized spacial score (nSPS) is 10.3. The molecule has 0 atom stereocenters. The van der Waals surface area contributed by atoms with Crippen molar-refractivity contribution in [2.24, 2.45) is 0 Å². The lowest BCUT2D eigenvalue weighted by molar-refractivity contribution is -0.141. The molecule has 0 fully saturated rings. The Labute approximate surface area is 126 Å². The van der Waals surface area contributed by atoms with Crippen molar-refractivity contribution in [2.45, 2.75) is 13.5 Å². The van der Waals surface area contributed by atoms with Gasteiger partial charge in [-0.15, -0.1) is 0 Å². The molecule has 0 aliphatic rings. The number of ether oxygens (including phenoxy) is 1. The molecule has 1 aromatic carbocycles. The fourth-order valence-electron chi connectivity index (χ4n) is 1.78. The zero-order chi connectivity index (χ0) is 14.4. The van der Waals surface area contributed by atoms with Gasteiger partial charge in [0.2, 0.25) is 0 Å². The number of nitrogens with one attached hydrogen (secondary N) is 1. The molecule has 1 aromatic heterocycles. The highest BCUT2D eigenvalue weighted by molar-refractivity contribution is 9.10. The molecule has 4 nitrogen and oxygen atoms in total. The van der Waals surface area contributed by atoms with Crippen molar-refractivity contribution in [1.82, 2.24) is 10.3 Å². The molecule has 104 valence electrons. The first kappa shape index (κ1) is 14.7. The number of carbonyl (C=O) groups excluding carboxylic acids is 1. The number of pyridine rings is 1. The van der Waals surface area contributed by atoms with Crippen molar-refractivity contribution in [3.05, 3.63) is 52.8 Å². The van der Waals surface area contributed by atoms with E-state index >= 15 is 0 Å². The van der Waals surface area contributed by atoms with Crippen LogP contribution in [0, 0.1) is 0 Å². The van der Waals surface area contributed by atoms with Gasteiger partial charge in [0.15, 0.2) is 0 Å². The van der Waals surface area contributed by atoms with Gasteiger partial charge in [-0.05, 0) is 39.2 Å². The number of nitrogens with zero attached hydrogens (tertiary/aromatic N) is 1. The van der Waals surface area contributed by atoms with Crippen LogP contribution in [-0.4, -0.2) is 17.7 Å². The highest BCUT2D eigenvalue weighted by Gasteiger charge is 2.01. The van der Waals surface area contributed by atoms with Gasteiger partial charge >= 0.3 is 5.97 Å². The van der Waals surface area contributed by atoms with Gasteiger partial charge in [-0.3, -0.25) is 15.1 Å². The fraction of sp³-hybridized carbons (Fsp3) is 0.200. The molecule has 2 rings (SSSR count). The first-order chi connectivity index (χ1) is 9.65. The van der Waals surface area contributed by atoms with Crippen molar-refractivity contribution >= 4 is 21.9 Å². The van der Waals surface area contributed by atoms with Gasteiger partial charge in [0.05, 0.1) is 0 Å². The van der Waals surface area contributed by atoms with E-state index in [-0.39, 0.29) is 12.7 Å². The summed E-state index contributed by atoms with van der Waals surface area (Å²) in [5, 5.41) is 3.06. The quantitative estimate of drug-likeness (QED) is 0.518. The van der Waals surface area contributed by atoms with Gasteiger partial charge in [0.25, 0.3) is 0 Å². The van der Waals surface area contributed by atoms with E-state index in [2.05, 4.69) is 32.3 Å². The van der Waals surface area contributed by atoms with E-state index in [1.54, 1.807) is 6.20 Å². The van der Waals surface area contributed by atoms with Crippen LogP contribution >= 0.6 is 15.9 Å². The number of hydrogen-bond donors (Lipinski definition) is 1. The molecule has 0 aliphatic carbocycles. The van der Waals surface area contributed by atoms with Crippen LogP contribution < -0.4 is 5.32 Å². The second-order valence-electron chi connectivity index (χ2n) is 4.30. The Morgan fingerprint density at radius 3 is 2.90 bits per heavy atom. The van der Waals surface area contributed by atoms with E-state index in [9.17, 15) is 4.79 Å². The fourth-order valence-corrected chi connectivity index (χ4v) is 2.14. The summed E-state index contributed by atoms with van der Waals surface area (Å²) in [4.78, 5) is 14.8. The average molecular weight is 335 g/mol. The minimum absolute atomic E-state index is 0.220. The second-order valence-corrected chi connectivity index (χ2v) is 5.21. The van der Waals surface area contributed by atoms with E-state index in [1.807, 2.05) is 30.5 Å². The molecule has 0 radical (unpaired) electrons. The van der Waals surface area contributed by atoms with E-state index < -0.39 is 0 Å². The number of hydrogen-bond acceptors (Lipinski definition) is 4. The monoisotopic (exact) mass is 334 g/mol. The Balaban J connectivity index is 2.02. The number of aromatic nitrogens is 1. The molecule has 1 heterocycles. The highest BCUT2D eigenvalue weighted by atomic mass is 79.9. The Bertz CT molecular complexity index is 602. The Kier molecular flexibility index (Phi) is 5.26. The number of esters is 1. The van der Waals surface area contributed by atoms with Crippen molar-refractivity contribution in [3.8, 4) is 11.1 Å². The lowest BCUT2D eigenvalue weighted by atomic mass is 10.0. The second kappa shape index (κ2) is 7.17. The molecule has 0 amide bonds. The van der Waals surface area contributed by atoms with Crippen LogP contribution in [0.4, 0.5) is 0 Å². The molecule has 0 bridgehead atoms. The van der Waals surface area contributed by atoms with Gasteiger partial charge < -0.3 is 4.74 Å². The summed E-state index contributed by atoms with van der Waals surface area (Å²) in [6.45, 7) is 2.25. The summed E-state index contributed by atoms with van der Waals surface area (Å²) in [5.41, 5.74) is 3.28. The lowest BCUT2D eigenvalue weighted by Gasteiger charge is -2.07. The summed E-state index contributed by atoms with van der Waals surface area (Å²) >= 11 is 3.42. The predicted octanol–water partition coefficient (Wildman–Crippen LogP) is 3.12. The van der Waals surface area contributed by atoms with E-state index in [0.29, 0.717) is 6.54 Å². The topological polar surface area (TPSA) is 51.2 Å². The third-order valence-electron chi connectivity index (χ3n) is 2.67. The third-order valence-corrected chi connectivity index (χ3v) is 3.11. The molecule has 0 saturated carbocycles. The largest absolute Gasteiger partial charge is 0.450 e. The number of carbonyl (C=O) groups is 1. The number of halogens is 1. The molecule has 5 heteroatoms. The zero-order valence-electron chi connectivity index (χ0n) is 11.1.